The van der Waals surface area contributed by atoms with Gasteiger partial charge in [-0.05, 0) is 36.4 Å². The summed E-state index contributed by atoms with van der Waals surface area (Å²) in [5, 5.41) is -0.278. The highest BCUT2D eigenvalue weighted by Crippen LogP contribution is 2.44. The van der Waals surface area contributed by atoms with Crippen LogP contribution in [0, 0.1) is 0 Å². The van der Waals surface area contributed by atoms with Gasteiger partial charge in [-0.2, -0.15) is 13.2 Å². The van der Waals surface area contributed by atoms with Crippen molar-refractivity contribution in [3.05, 3.63) is 64.8 Å². The van der Waals surface area contributed by atoms with Gasteiger partial charge in [-0.1, -0.05) is 0 Å². The second-order valence-electron chi connectivity index (χ2n) is 7.78. The van der Waals surface area contributed by atoms with E-state index in [0.29, 0.717) is 17.1 Å². The number of carbonyl (C=O) groups is 2. The second-order valence-corrected chi connectivity index (χ2v) is 8.78. The average Bonchev–Trinajstić information content (AvgIpc) is 3.47. The van der Waals surface area contributed by atoms with Crippen molar-refractivity contribution in [1.29, 1.82) is 0 Å². The topological polar surface area (TPSA) is 108 Å². The largest absolute Gasteiger partial charge is 0.454 e. The molecule has 0 bridgehead atoms. The number of ketones is 1. The van der Waals surface area contributed by atoms with Crippen molar-refractivity contribution < 1.29 is 32.2 Å². The molecule has 0 saturated heterocycles. The van der Waals surface area contributed by atoms with E-state index in [-0.39, 0.29) is 38.8 Å². The molecule has 0 radical (unpaired) electrons. The second kappa shape index (κ2) is 9.82. The zero-order valence-corrected chi connectivity index (χ0v) is 19.8. The molecule has 1 aromatic carbocycles. The van der Waals surface area contributed by atoms with Crippen molar-refractivity contribution in [2.75, 3.05) is 26.6 Å². The highest BCUT2D eigenvalue weighted by molar-refractivity contribution is 7.21. The number of thiophene rings is 1. The monoisotopic (exact) mass is 516 g/mol. The van der Waals surface area contributed by atoms with Crippen LogP contribution in [0.1, 0.15) is 20.8 Å². The minimum Gasteiger partial charge on any atom is -0.454 e. The standard InChI is InChI=1S/C21H12F3N3O3S.C3H7NO/c22-21(23,24)12-8-13(10-3-5-26-6-4-10)27-20-16(12)17(25)19(31-20)18(28)11-1-2-14-15(7-11)30-9-29-14;1-4(2)3-5/h1-8H,9,25H2;3H,1-2H3. The summed E-state index contributed by atoms with van der Waals surface area (Å²) < 4.78 is 52.1. The van der Waals surface area contributed by atoms with Crippen LogP contribution in [0.15, 0.2) is 48.8 Å². The molecule has 5 rings (SSSR count). The number of nitrogens with two attached hydrogens (primary N) is 1. The van der Waals surface area contributed by atoms with Crippen LogP contribution in [-0.2, 0) is 11.0 Å². The van der Waals surface area contributed by atoms with Crippen LogP contribution in [0.2, 0.25) is 0 Å². The number of fused-ring (bicyclic) bond motifs is 2. The first kappa shape index (κ1) is 24.9. The van der Waals surface area contributed by atoms with Crippen LogP contribution in [0.4, 0.5) is 18.9 Å². The number of pyridine rings is 2. The molecule has 4 heterocycles. The van der Waals surface area contributed by atoms with Gasteiger partial charge in [0.2, 0.25) is 19.0 Å². The van der Waals surface area contributed by atoms with Crippen molar-refractivity contribution >= 4 is 39.4 Å². The summed E-state index contributed by atoms with van der Waals surface area (Å²) in [5.41, 5.74) is 5.69. The molecule has 36 heavy (non-hydrogen) atoms. The van der Waals surface area contributed by atoms with Crippen LogP contribution in [0.3, 0.4) is 0 Å². The number of amides is 1. The van der Waals surface area contributed by atoms with E-state index in [2.05, 4.69) is 9.97 Å². The van der Waals surface area contributed by atoms with Crippen LogP contribution >= 0.6 is 11.3 Å². The maximum atomic E-state index is 13.9. The lowest BCUT2D eigenvalue weighted by Gasteiger charge is -2.11. The molecule has 0 saturated carbocycles. The van der Waals surface area contributed by atoms with E-state index < -0.39 is 17.5 Å². The fraction of sp³-hybridized carbons (Fsp3) is 0.167. The van der Waals surface area contributed by atoms with Crippen LogP contribution < -0.4 is 15.2 Å². The highest BCUT2D eigenvalue weighted by Gasteiger charge is 2.36. The normalized spacial score (nSPS) is 12.1. The maximum Gasteiger partial charge on any atom is 0.417 e. The van der Waals surface area contributed by atoms with Gasteiger partial charge in [0.25, 0.3) is 0 Å². The first-order valence-corrected chi connectivity index (χ1v) is 11.2. The highest BCUT2D eigenvalue weighted by atomic mass is 32.1. The summed E-state index contributed by atoms with van der Waals surface area (Å²) in [6, 6.07) is 8.62. The Kier molecular flexibility index (Phi) is 6.80. The number of benzene rings is 1. The van der Waals surface area contributed by atoms with E-state index in [4.69, 9.17) is 15.2 Å². The Hall–Kier alpha value is -4.19. The van der Waals surface area contributed by atoms with Gasteiger partial charge in [-0.3, -0.25) is 14.6 Å². The molecule has 2 N–H and O–H groups in total. The summed E-state index contributed by atoms with van der Waals surface area (Å²) in [5.74, 6) is 0.362. The molecule has 1 amide bonds. The number of ether oxygens (including phenoxy) is 2. The minimum atomic E-state index is -4.68. The van der Waals surface area contributed by atoms with Gasteiger partial charge in [-0.25, -0.2) is 4.98 Å². The number of hydrogen-bond acceptors (Lipinski definition) is 8. The molecule has 0 spiro atoms. The van der Waals surface area contributed by atoms with E-state index in [0.717, 1.165) is 23.8 Å². The van der Waals surface area contributed by atoms with E-state index in [1.807, 2.05) is 0 Å². The third-order valence-corrected chi connectivity index (χ3v) is 6.13. The molecule has 4 aromatic rings. The van der Waals surface area contributed by atoms with Crippen molar-refractivity contribution in [3.63, 3.8) is 0 Å². The Morgan fingerprint density at radius 3 is 2.42 bits per heavy atom. The zero-order chi connectivity index (χ0) is 26.0. The number of halogens is 3. The van der Waals surface area contributed by atoms with Gasteiger partial charge in [0.05, 0.1) is 16.9 Å². The number of aromatic nitrogens is 2. The first-order valence-electron chi connectivity index (χ1n) is 10.4. The molecule has 0 aliphatic carbocycles. The smallest absolute Gasteiger partial charge is 0.417 e. The molecule has 1 aliphatic heterocycles. The van der Waals surface area contributed by atoms with Crippen LogP contribution in [0.5, 0.6) is 11.5 Å². The van der Waals surface area contributed by atoms with Gasteiger partial charge in [-0.15, -0.1) is 11.3 Å². The number of hydrogen-bond donors (Lipinski definition) is 1. The van der Waals surface area contributed by atoms with Crippen molar-refractivity contribution in [2.45, 2.75) is 6.18 Å². The molecule has 0 unspecified atom stereocenters. The molecule has 12 heteroatoms. The average molecular weight is 517 g/mol. The molecule has 3 aromatic heterocycles. The molecule has 1 aliphatic rings. The Labute approximate surface area is 207 Å². The molecule has 0 fully saturated rings. The third kappa shape index (κ3) is 4.93. The number of alkyl halides is 3. The van der Waals surface area contributed by atoms with Gasteiger partial charge in [0.1, 0.15) is 9.71 Å². The molecular weight excluding hydrogens is 497 g/mol. The van der Waals surface area contributed by atoms with Crippen LogP contribution in [0.25, 0.3) is 21.5 Å². The lowest BCUT2D eigenvalue weighted by molar-refractivity contribution is -0.136. The summed E-state index contributed by atoms with van der Waals surface area (Å²) >= 11 is 0.826. The molecule has 186 valence electrons. The van der Waals surface area contributed by atoms with E-state index in [1.54, 1.807) is 32.3 Å². The fourth-order valence-electron chi connectivity index (χ4n) is 3.35. The molecule has 8 nitrogen and oxygen atoms in total. The Morgan fingerprint density at radius 2 is 1.78 bits per heavy atom. The van der Waals surface area contributed by atoms with Crippen molar-refractivity contribution in [3.8, 4) is 22.8 Å². The predicted molar refractivity (Wildman–Crippen MR) is 128 cm³/mol. The maximum absolute atomic E-state index is 13.9. The summed E-state index contributed by atoms with van der Waals surface area (Å²) in [6.07, 6.45) is -1.01. The van der Waals surface area contributed by atoms with Gasteiger partial charge < -0.3 is 20.1 Å². The number of carbonyl (C=O) groups excluding carboxylic acids is 2. The fourth-order valence-corrected chi connectivity index (χ4v) is 4.43. The zero-order valence-electron chi connectivity index (χ0n) is 19.0. The Balaban J connectivity index is 0.000000556. The van der Waals surface area contributed by atoms with E-state index in [1.165, 1.54) is 29.4 Å². The van der Waals surface area contributed by atoms with Gasteiger partial charge in [0.15, 0.2) is 11.5 Å². The number of nitrogen functional groups attached to an aromatic ring is 1. The predicted octanol–water partition coefficient (Wildman–Crippen LogP) is 4.62. The number of rotatable bonds is 4. The molecule has 0 atom stereocenters. The van der Waals surface area contributed by atoms with Gasteiger partial charge in [0, 0.05) is 43.0 Å². The number of anilines is 1. The summed E-state index contributed by atoms with van der Waals surface area (Å²) in [7, 11) is 3.38. The lowest BCUT2D eigenvalue weighted by Crippen LogP contribution is -2.08. The third-order valence-electron chi connectivity index (χ3n) is 5.03. The van der Waals surface area contributed by atoms with Crippen molar-refractivity contribution in [2.24, 2.45) is 0 Å². The number of nitrogens with zero attached hydrogens (tertiary/aromatic N) is 3. The van der Waals surface area contributed by atoms with Crippen LogP contribution in [-0.4, -0.2) is 47.9 Å². The first-order chi connectivity index (χ1) is 17.1. The minimum absolute atomic E-state index is 0.0151. The lowest BCUT2D eigenvalue weighted by atomic mass is 10.0. The summed E-state index contributed by atoms with van der Waals surface area (Å²) in [6.45, 7) is 0.0364. The summed E-state index contributed by atoms with van der Waals surface area (Å²) in [4.78, 5) is 32.2. The van der Waals surface area contributed by atoms with Crippen molar-refractivity contribution in [1.82, 2.24) is 14.9 Å². The Morgan fingerprint density at radius 1 is 1.11 bits per heavy atom. The molecular formula is C24H19F3N4O4S. The quantitative estimate of drug-likeness (QED) is 0.311. The van der Waals surface area contributed by atoms with E-state index >= 15 is 0 Å². The SMILES string of the molecule is CN(C)C=O.Nc1c(C(=O)c2ccc3c(c2)OCO3)sc2nc(-c3ccncc3)cc(C(F)(F)F)c12. The Bertz CT molecular complexity index is 1440. The van der Waals surface area contributed by atoms with E-state index in [9.17, 15) is 22.8 Å². The van der Waals surface area contributed by atoms with Gasteiger partial charge >= 0.3 is 6.18 Å².